The first-order valence-corrected chi connectivity index (χ1v) is 24.8. The summed E-state index contributed by atoms with van der Waals surface area (Å²) in [7, 11) is 2.46. The molecule has 20 heteroatoms. The summed E-state index contributed by atoms with van der Waals surface area (Å²) in [6.45, 7) is 9.14. The lowest BCUT2D eigenvalue weighted by molar-refractivity contribution is -0.136. The average Bonchev–Trinajstić information content (AvgIpc) is 4.21. The maximum atomic E-state index is 16.8. The molecule has 380 valence electrons. The lowest BCUT2D eigenvalue weighted by atomic mass is 10.0. The van der Waals surface area contributed by atoms with Crippen LogP contribution >= 0.6 is 0 Å². The zero-order valence-electron chi connectivity index (χ0n) is 40.9. The standard InChI is InChI=1S/C51H62F4N10O6/c1-26(2)43(60-50(68)70-5)48(66)63-18-10-12-41(63)46-56-35-22-29(31(52)24-37(35)58-46)39-14-15-40(65(39)28-20-33(54)45(34(55)21-28)62-16-8-7-9-17-62)30-23-36-38(25-32(30)53)59-47(57-36)42-13-11-19-64(42)49(67)44(27(3)4)61-51(69)71-6/h20-27,39-44H,7-19H2,1-6H3,(H,56,58)(H,57,59)(H,60,68)(H,61,69)/t39-,40+,41-,42-,43-,44?/m0/s1. The molecule has 1 unspecified atom stereocenters. The molecule has 4 saturated heterocycles. The number of nitrogens with zero attached hydrogens (tertiary/aromatic N) is 6. The van der Waals surface area contributed by atoms with Gasteiger partial charge < -0.3 is 49.7 Å². The van der Waals surface area contributed by atoms with E-state index < -0.39 is 71.7 Å². The van der Waals surface area contributed by atoms with E-state index in [1.54, 1.807) is 31.7 Å². The number of amides is 4. The van der Waals surface area contributed by atoms with Gasteiger partial charge in [-0.15, -0.1) is 0 Å². The Morgan fingerprint density at radius 1 is 0.577 bits per heavy atom. The van der Waals surface area contributed by atoms with Crippen molar-refractivity contribution in [2.24, 2.45) is 11.8 Å². The Morgan fingerprint density at radius 3 is 1.42 bits per heavy atom. The van der Waals surface area contributed by atoms with Gasteiger partial charge in [-0.2, -0.15) is 0 Å². The summed E-state index contributed by atoms with van der Waals surface area (Å²) in [5.74, 6) is -2.98. The Balaban J connectivity index is 1.07. The van der Waals surface area contributed by atoms with E-state index in [-0.39, 0.29) is 59.0 Å². The molecule has 0 aliphatic carbocycles. The fourth-order valence-electron chi connectivity index (χ4n) is 11.3. The lowest BCUT2D eigenvalue weighted by Gasteiger charge is -2.35. The number of piperidine rings is 1. The van der Waals surface area contributed by atoms with Gasteiger partial charge in [0.2, 0.25) is 11.8 Å². The van der Waals surface area contributed by atoms with Gasteiger partial charge in [-0.05, 0) is 93.9 Å². The van der Waals surface area contributed by atoms with Crippen molar-refractivity contribution in [1.82, 2.24) is 40.4 Å². The van der Waals surface area contributed by atoms with Crippen LogP contribution in [0.15, 0.2) is 36.4 Å². The zero-order chi connectivity index (χ0) is 50.4. The highest BCUT2D eigenvalue weighted by Crippen LogP contribution is 2.50. The summed E-state index contributed by atoms with van der Waals surface area (Å²) in [5, 5.41) is 5.30. The third-order valence-corrected chi connectivity index (χ3v) is 14.8. The number of likely N-dealkylation sites (tertiary alicyclic amines) is 2. The highest BCUT2D eigenvalue weighted by atomic mass is 19.1. The summed E-state index contributed by atoms with van der Waals surface area (Å²) in [5.41, 5.74) is 1.97. The molecule has 0 saturated carbocycles. The number of halogens is 4. The predicted octanol–water partition coefficient (Wildman–Crippen LogP) is 9.16. The Morgan fingerprint density at radius 2 is 1.01 bits per heavy atom. The van der Waals surface area contributed by atoms with Gasteiger partial charge in [0.15, 0.2) is 11.6 Å². The van der Waals surface area contributed by atoms with Crippen molar-refractivity contribution in [2.75, 3.05) is 50.2 Å². The summed E-state index contributed by atoms with van der Waals surface area (Å²) < 4.78 is 76.0. The fraction of sp³-hybridized carbons (Fsp3) is 0.529. The van der Waals surface area contributed by atoms with Crippen molar-refractivity contribution < 1.29 is 46.2 Å². The first-order valence-electron chi connectivity index (χ1n) is 24.8. The number of hydrogen-bond acceptors (Lipinski definition) is 10. The number of benzene rings is 3. The van der Waals surface area contributed by atoms with Crippen LogP contribution in [0.4, 0.5) is 38.5 Å². The van der Waals surface area contributed by atoms with Crippen molar-refractivity contribution in [2.45, 2.75) is 122 Å². The number of carbonyl (C=O) groups is 4. The van der Waals surface area contributed by atoms with Crippen molar-refractivity contribution in [3.8, 4) is 0 Å². The molecule has 71 heavy (non-hydrogen) atoms. The Bertz CT molecular complexity index is 2660. The number of aromatic amines is 2. The van der Waals surface area contributed by atoms with Gasteiger partial charge in [-0.1, -0.05) is 27.7 Å². The molecule has 0 radical (unpaired) electrons. The molecule has 9 rings (SSSR count). The van der Waals surface area contributed by atoms with Gasteiger partial charge in [0, 0.05) is 55.1 Å². The maximum Gasteiger partial charge on any atom is 0.407 e. The molecule has 2 aromatic heterocycles. The van der Waals surface area contributed by atoms with Crippen molar-refractivity contribution in [3.63, 3.8) is 0 Å². The van der Waals surface area contributed by atoms with E-state index >= 15 is 17.6 Å². The monoisotopic (exact) mass is 986 g/mol. The molecule has 0 spiro atoms. The highest BCUT2D eigenvalue weighted by Gasteiger charge is 2.42. The highest BCUT2D eigenvalue weighted by molar-refractivity contribution is 5.88. The van der Waals surface area contributed by atoms with Crippen LogP contribution in [0, 0.1) is 35.1 Å². The van der Waals surface area contributed by atoms with Gasteiger partial charge in [0.1, 0.15) is 41.1 Å². The summed E-state index contributed by atoms with van der Waals surface area (Å²) in [4.78, 5) is 75.1. The van der Waals surface area contributed by atoms with Crippen LogP contribution < -0.4 is 20.4 Å². The fourth-order valence-corrected chi connectivity index (χ4v) is 11.3. The summed E-state index contributed by atoms with van der Waals surface area (Å²) in [6.07, 6.45) is 4.17. The van der Waals surface area contributed by atoms with E-state index in [9.17, 15) is 19.2 Å². The molecule has 5 aromatic rings. The molecule has 6 atom stereocenters. The van der Waals surface area contributed by atoms with Crippen molar-refractivity contribution in [3.05, 3.63) is 82.4 Å². The molecule has 4 fully saturated rings. The second kappa shape index (κ2) is 20.3. The molecule has 4 N–H and O–H groups in total. The number of methoxy groups -OCH3 is 2. The molecule has 16 nitrogen and oxygen atoms in total. The summed E-state index contributed by atoms with van der Waals surface area (Å²) in [6, 6.07) is 4.05. The largest absolute Gasteiger partial charge is 0.453 e. The molecule has 4 aliphatic heterocycles. The van der Waals surface area contributed by atoms with Crippen LogP contribution in [-0.4, -0.2) is 106 Å². The molecular formula is C51H62F4N10O6. The minimum Gasteiger partial charge on any atom is -0.453 e. The third kappa shape index (κ3) is 9.53. The number of ether oxygens (including phenoxy) is 2. The van der Waals surface area contributed by atoms with E-state index in [1.165, 1.54) is 38.5 Å². The normalized spacial score (nSPS) is 21.5. The molecule has 4 aliphatic rings. The molecular weight excluding hydrogens is 925 g/mol. The zero-order valence-corrected chi connectivity index (χ0v) is 40.9. The number of imidazole rings is 2. The second-order valence-corrected chi connectivity index (χ2v) is 19.9. The lowest BCUT2D eigenvalue weighted by Crippen LogP contribution is -2.51. The maximum absolute atomic E-state index is 16.8. The predicted molar refractivity (Wildman–Crippen MR) is 257 cm³/mol. The van der Waals surface area contributed by atoms with Gasteiger partial charge in [0.05, 0.1) is 60.5 Å². The van der Waals surface area contributed by atoms with Crippen molar-refractivity contribution >= 4 is 57.4 Å². The minimum absolute atomic E-state index is 0.114. The van der Waals surface area contributed by atoms with Crippen LogP contribution in [-0.2, 0) is 19.1 Å². The number of H-pyrrole nitrogens is 2. The second-order valence-electron chi connectivity index (χ2n) is 19.9. The van der Waals surface area contributed by atoms with Crippen LogP contribution in [0.3, 0.4) is 0 Å². The Kier molecular flexibility index (Phi) is 14.1. The van der Waals surface area contributed by atoms with Crippen LogP contribution in [0.1, 0.15) is 132 Å². The quantitative estimate of drug-likeness (QED) is 0.0881. The SMILES string of the molecule is COC(=O)NC(C(=O)N1CCC[C@H]1c1nc2cc(F)c([C@H]3CC[C@@H](c4cc5[nH]c([C@@H]6CCCN6C(=O)[C@@H](NC(=O)OC)C(C)C)nc5cc4F)N3c3cc(F)c(N4CCCCC4)c(F)c3)cc2[nH]1)C(C)C. The Hall–Kier alpha value is -6.60. The number of rotatable bonds is 12. The van der Waals surface area contributed by atoms with E-state index in [0.717, 1.165) is 19.3 Å². The smallest absolute Gasteiger partial charge is 0.407 e. The minimum atomic E-state index is -0.851. The molecule has 3 aromatic carbocycles. The average molecular weight is 987 g/mol. The number of carbonyl (C=O) groups excluding carboxylic acids is 4. The van der Waals surface area contributed by atoms with E-state index in [0.29, 0.717) is 85.6 Å². The topological polar surface area (TPSA) is 181 Å². The molecule has 0 bridgehead atoms. The Labute approximate surface area is 409 Å². The number of anilines is 2. The van der Waals surface area contributed by atoms with E-state index in [1.807, 2.05) is 27.7 Å². The number of fused-ring (bicyclic) bond motifs is 2. The van der Waals surface area contributed by atoms with Gasteiger partial charge in [0.25, 0.3) is 0 Å². The first-order chi connectivity index (χ1) is 34.1. The van der Waals surface area contributed by atoms with E-state index in [2.05, 4.69) is 20.6 Å². The van der Waals surface area contributed by atoms with Crippen molar-refractivity contribution in [1.29, 1.82) is 0 Å². The number of aromatic nitrogens is 4. The number of hydrogen-bond donors (Lipinski definition) is 4. The number of alkyl carbamates (subject to hydrolysis) is 2. The van der Waals surface area contributed by atoms with Crippen LogP contribution in [0.25, 0.3) is 22.1 Å². The van der Waals surface area contributed by atoms with Gasteiger partial charge in [-0.25, -0.2) is 37.1 Å². The number of nitrogens with one attached hydrogen (secondary N) is 4. The third-order valence-electron chi connectivity index (χ3n) is 14.8. The first kappa shape index (κ1) is 49.4. The summed E-state index contributed by atoms with van der Waals surface area (Å²) >= 11 is 0. The van der Waals surface area contributed by atoms with E-state index in [4.69, 9.17) is 19.4 Å². The van der Waals surface area contributed by atoms with Crippen LogP contribution in [0.2, 0.25) is 0 Å². The molecule has 4 amide bonds. The van der Waals surface area contributed by atoms with Crippen LogP contribution in [0.5, 0.6) is 0 Å². The molecule has 6 heterocycles. The van der Waals surface area contributed by atoms with Gasteiger partial charge in [-0.3, -0.25) is 9.59 Å². The van der Waals surface area contributed by atoms with Gasteiger partial charge >= 0.3 is 12.2 Å².